The normalized spacial score (nSPS) is 32.9. The van der Waals surface area contributed by atoms with Crippen LogP contribution in [0.2, 0.25) is 0 Å². The molecule has 2 aliphatic heterocycles. The Bertz CT molecular complexity index is 407. The molecular weight excluding hydrogens is 254 g/mol. The Morgan fingerprint density at radius 1 is 1.37 bits per heavy atom. The fraction of sp³-hybridized carbons (Fsp3) is 0.750. The molecule has 7 heteroatoms. The van der Waals surface area contributed by atoms with E-state index in [-0.39, 0.29) is 30.7 Å². The Morgan fingerprint density at radius 2 is 2.11 bits per heavy atom. The van der Waals surface area contributed by atoms with Gasteiger partial charge in [-0.15, -0.1) is 0 Å². The third-order valence-electron chi connectivity index (χ3n) is 2.89. The average molecular weight is 271 g/mol. The van der Waals surface area contributed by atoms with Gasteiger partial charge < -0.3 is 18.9 Å². The zero-order chi connectivity index (χ0) is 14.0. The first-order chi connectivity index (χ1) is 8.95. The Labute approximate surface area is 110 Å². The van der Waals surface area contributed by atoms with Crippen molar-refractivity contribution in [1.29, 1.82) is 0 Å². The van der Waals surface area contributed by atoms with Gasteiger partial charge in [0.1, 0.15) is 12.7 Å². The fourth-order valence-electron chi connectivity index (χ4n) is 2.20. The second-order valence-corrected chi connectivity index (χ2v) is 4.57. The number of fused-ring (bicyclic) bond motifs is 1. The van der Waals surface area contributed by atoms with Crippen LogP contribution in [-0.2, 0) is 28.5 Å². The average Bonchev–Trinajstić information content (AvgIpc) is 2.66. The second-order valence-electron chi connectivity index (χ2n) is 4.57. The smallest absolute Gasteiger partial charge is 0.302 e. The highest BCUT2D eigenvalue weighted by molar-refractivity contribution is 5.75. The number of ether oxygens (including phenoxy) is 4. The summed E-state index contributed by atoms with van der Waals surface area (Å²) in [6, 6.07) is -0.350. The lowest BCUT2D eigenvalue weighted by molar-refractivity contribution is -0.204. The van der Waals surface area contributed by atoms with E-state index in [2.05, 4.69) is 4.99 Å². The summed E-state index contributed by atoms with van der Waals surface area (Å²) in [5.41, 5.74) is 0. The van der Waals surface area contributed by atoms with Gasteiger partial charge in [-0.3, -0.25) is 9.59 Å². The summed E-state index contributed by atoms with van der Waals surface area (Å²) in [5, 5.41) is 0. The van der Waals surface area contributed by atoms with Gasteiger partial charge >= 0.3 is 11.9 Å². The van der Waals surface area contributed by atoms with Gasteiger partial charge in [-0.1, -0.05) is 0 Å². The maximum absolute atomic E-state index is 11.1. The van der Waals surface area contributed by atoms with Crippen molar-refractivity contribution in [3.8, 4) is 0 Å². The number of aliphatic imine (C=N–C) groups is 1. The Balaban J connectivity index is 2.01. The van der Waals surface area contributed by atoms with E-state index in [0.29, 0.717) is 12.3 Å². The van der Waals surface area contributed by atoms with Gasteiger partial charge in [-0.25, -0.2) is 4.99 Å². The van der Waals surface area contributed by atoms with Crippen LogP contribution < -0.4 is 0 Å². The van der Waals surface area contributed by atoms with Gasteiger partial charge in [-0.2, -0.15) is 0 Å². The molecule has 7 nitrogen and oxygen atoms in total. The topological polar surface area (TPSA) is 83.4 Å². The van der Waals surface area contributed by atoms with Gasteiger partial charge in [0.05, 0.1) is 6.10 Å². The molecule has 106 valence electrons. The van der Waals surface area contributed by atoms with Crippen LogP contribution in [0.4, 0.5) is 0 Å². The Kier molecular flexibility index (Phi) is 4.04. The quantitative estimate of drug-likeness (QED) is 0.691. The van der Waals surface area contributed by atoms with Crippen molar-refractivity contribution in [1.82, 2.24) is 0 Å². The molecular formula is C12H17NO6. The van der Waals surface area contributed by atoms with Crippen LogP contribution in [0.25, 0.3) is 0 Å². The minimum absolute atomic E-state index is 0.110. The third kappa shape index (κ3) is 3.44. The molecule has 4 unspecified atom stereocenters. The maximum atomic E-state index is 11.1. The highest BCUT2D eigenvalue weighted by atomic mass is 16.7. The van der Waals surface area contributed by atoms with E-state index < -0.39 is 12.4 Å². The summed E-state index contributed by atoms with van der Waals surface area (Å²) in [6.45, 7) is 4.50. The zero-order valence-electron chi connectivity index (χ0n) is 11.1. The highest BCUT2D eigenvalue weighted by Gasteiger charge is 2.45. The van der Waals surface area contributed by atoms with Gasteiger partial charge in [-0.05, 0) is 0 Å². The van der Waals surface area contributed by atoms with E-state index in [9.17, 15) is 9.59 Å². The van der Waals surface area contributed by atoms with Crippen LogP contribution >= 0.6 is 0 Å². The van der Waals surface area contributed by atoms with Crippen molar-refractivity contribution in [2.24, 2.45) is 4.99 Å². The number of nitrogens with zero attached hydrogens (tertiary/aromatic N) is 1. The predicted molar refractivity (Wildman–Crippen MR) is 63.4 cm³/mol. The van der Waals surface area contributed by atoms with Gasteiger partial charge in [0.15, 0.2) is 11.9 Å². The van der Waals surface area contributed by atoms with Crippen LogP contribution in [0.1, 0.15) is 27.2 Å². The van der Waals surface area contributed by atoms with Crippen molar-refractivity contribution >= 4 is 17.8 Å². The van der Waals surface area contributed by atoms with Gasteiger partial charge in [0.2, 0.25) is 6.29 Å². The Hall–Kier alpha value is -1.63. The summed E-state index contributed by atoms with van der Waals surface area (Å²) >= 11 is 0. The van der Waals surface area contributed by atoms with Gasteiger partial charge in [0.25, 0.3) is 0 Å². The third-order valence-corrected chi connectivity index (χ3v) is 2.89. The zero-order valence-corrected chi connectivity index (χ0v) is 11.1. The van der Waals surface area contributed by atoms with E-state index in [0.717, 1.165) is 0 Å². The molecule has 0 aromatic heterocycles. The minimum atomic E-state index is -0.585. The lowest BCUT2D eigenvalue weighted by Gasteiger charge is -2.35. The SMILES string of the molecule is CC(=O)OCC1CC(OC(C)=O)C2N=C(C)OC2O1. The van der Waals surface area contributed by atoms with Crippen molar-refractivity contribution in [2.45, 2.75) is 51.7 Å². The summed E-state index contributed by atoms with van der Waals surface area (Å²) in [6.07, 6.45) is -0.947. The number of carbonyl (C=O) groups is 2. The lowest BCUT2D eigenvalue weighted by Crippen LogP contribution is -2.49. The molecule has 2 rings (SSSR count). The number of carbonyl (C=O) groups excluding carboxylic acids is 2. The van der Waals surface area contributed by atoms with E-state index in [1.807, 2.05) is 0 Å². The summed E-state index contributed by atoms with van der Waals surface area (Å²) in [7, 11) is 0. The molecule has 0 amide bonds. The molecule has 2 aliphatic rings. The Morgan fingerprint density at radius 3 is 2.74 bits per heavy atom. The maximum Gasteiger partial charge on any atom is 0.302 e. The number of hydrogen-bond donors (Lipinski definition) is 0. The molecule has 0 spiro atoms. The van der Waals surface area contributed by atoms with Crippen LogP contribution in [0.15, 0.2) is 4.99 Å². The molecule has 19 heavy (non-hydrogen) atoms. The minimum Gasteiger partial charge on any atom is -0.463 e. The van der Waals surface area contributed by atoms with Crippen LogP contribution in [0.3, 0.4) is 0 Å². The van der Waals surface area contributed by atoms with Crippen molar-refractivity contribution in [3.63, 3.8) is 0 Å². The molecule has 0 radical (unpaired) electrons. The molecule has 0 N–H and O–H groups in total. The highest BCUT2D eigenvalue weighted by Crippen LogP contribution is 2.30. The first-order valence-corrected chi connectivity index (χ1v) is 6.13. The molecule has 1 saturated heterocycles. The van der Waals surface area contributed by atoms with Gasteiger partial charge in [0, 0.05) is 27.2 Å². The first-order valence-electron chi connectivity index (χ1n) is 6.13. The standard InChI is InChI=1S/C12H17NO6/c1-6-13-11-10(18-8(3)15)4-9(5-16-7(2)14)19-12(11)17-6/h9-12H,4-5H2,1-3H3. The van der Waals surface area contributed by atoms with Crippen LogP contribution in [0.5, 0.6) is 0 Å². The molecule has 0 aromatic rings. The van der Waals surface area contributed by atoms with Crippen LogP contribution in [0, 0.1) is 0 Å². The van der Waals surface area contributed by atoms with E-state index in [1.165, 1.54) is 13.8 Å². The largest absolute Gasteiger partial charge is 0.463 e. The number of rotatable bonds is 3. The van der Waals surface area contributed by atoms with Crippen molar-refractivity contribution in [3.05, 3.63) is 0 Å². The fourth-order valence-corrected chi connectivity index (χ4v) is 2.20. The molecule has 1 fully saturated rings. The molecule has 2 heterocycles. The molecule has 0 bridgehead atoms. The lowest BCUT2D eigenvalue weighted by atomic mass is 10.0. The molecule has 0 aromatic carbocycles. The van der Waals surface area contributed by atoms with Crippen molar-refractivity contribution < 1.29 is 28.5 Å². The first kappa shape index (κ1) is 13.8. The van der Waals surface area contributed by atoms with E-state index in [4.69, 9.17) is 18.9 Å². The monoisotopic (exact) mass is 271 g/mol. The van der Waals surface area contributed by atoms with Crippen LogP contribution in [-0.4, -0.2) is 49.0 Å². The summed E-state index contributed by atoms with van der Waals surface area (Å²) in [5.74, 6) is -0.258. The second kappa shape index (κ2) is 5.56. The molecule has 4 atom stereocenters. The number of hydrogen-bond acceptors (Lipinski definition) is 7. The predicted octanol–water partition coefficient (Wildman–Crippen LogP) is 0.413. The van der Waals surface area contributed by atoms with E-state index in [1.54, 1.807) is 6.92 Å². The molecule has 0 saturated carbocycles. The summed E-state index contributed by atoms with van der Waals surface area (Å²) < 4.78 is 21.2. The number of esters is 2. The van der Waals surface area contributed by atoms with E-state index >= 15 is 0 Å². The van der Waals surface area contributed by atoms with Crippen molar-refractivity contribution in [2.75, 3.05) is 6.61 Å². The molecule has 0 aliphatic carbocycles. The summed E-state index contributed by atoms with van der Waals surface area (Å²) in [4.78, 5) is 26.2.